The Morgan fingerprint density at radius 2 is 1.71 bits per heavy atom. The fraction of sp³-hybridized carbons (Fsp3) is 0.703. The second-order valence-electron chi connectivity index (χ2n) is 16.2. The average molecular weight is 573 g/mol. The Morgan fingerprint density at radius 3 is 2.45 bits per heavy atom. The van der Waals surface area contributed by atoms with Gasteiger partial charge in [0.2, 0.25) is 0 Å². The summed E-state index contributed by atoms with van der Waals surface area (Å²) in [6.07, 6.45) is 14.7. The number of hydrogen-bond acceptors (Lipinski definition) is 3. The van der Waals surface area contributed by atoms with E-state index in [4.69, 9.17) is 0 Å². The Bertz CT molecular complexity index is 1280. The van der Waals surface area contributed by atoms with Gasteiger partial charge in [0.05, 0.1) is 18.2 Å². The summed E-state index contributed by atoms with van der Waals surface area (Å²) in [6.45, 7) is 10.7. The second-order valence-corrected chi connectivity index (χ2v) is 16.2. The third-order valence-electron chi connectivity index (χ3n) is 14.1. The summed E-state index contributed by atoms with van der Waals surface area (Å²) in [5, 5.41) is 26.2. The Morgan fingerprint density at radius 1 is 0.952 bits per heavy atom. The minimum absolute atomic E-state index is 0.0765. The largest absolute Gasteiger partial charge is 0.393 e. The smallest absolute Gasteiger partial charge is 0.321 e. The number of hydrogen-bond donors (Lipinski definition) is 3. The van der Waals surface area contributed by atoms with Gasteiger partial charge in [0.25, 0.3) is 0 Å². The van der Waals surface area contributed by atoms with Gasteiger partial charge in [-0.05, 0) is 117 Å². The molecule has 0 spiro atoms. The van der Waals surface area contributed by atoms with E-state index in [1.807, 2.05) is 35.2 Å². The predicted molar refractivity (Wildman–Crippen MR) is 168 cm³/mol. The van der Waals surface area contributed by atoms with Crippen LogP contribution in [-0.4, -0.2) is 45.9 Å². The number of urea groups is 1. The van der Waals surface area contributed by atoms with Crippen molar-refractivity contribution in [2.45, 2.75) is 104 Å². The van der Waals surface area contributed by atoms with Crippen molar-refractivity contribution in [2.24, 2.45) is 45.8 Å². The molecule has 6 saturated carbocycles. The molecule has 1 aromatic rings. The fourth-order valence-electron chi connectivity index (χ4n) is 11.1. The lowest BCUT2D eigenvalue weighted by atomic mass is 9.45. The lowest BCUT2D eigenvalue weighted by Crippen LogP contribution is -2.59. The zero-order valence-corrected chi connectivity index (χ0v) is 26.2. The van der Waals surface area contributed by atoms with Crippen LogP contribution in [0, 0.1) is 45.8 Å². The summed E-state index contributed by atoms with van der Waals surface area (Å²) in [5.74, 6) is 2.80. The highest BCUT2D eigenvalue weighted by atomic mass is 16.3. The first kappa shape index (κ1) is 28.6. The number of amides is 2. The number of anilines is 1. The van der Waals surface area contributed by atoms with Crippen LogP contribution in [-0.2, 0) is 0 Å². The number of benzene rings is 1. The number of carbonyl (C=O) groups excluding carboxylic acids is 1. The monoisotopic (exact) mass is 572 g/mol. The first-order valence-corrected chi connectivity index (χ1v) is 16.9. The molecule has 7 aliphatic rings. The van der Waals surface area contributed by atoms with Gasteiger partial charge in [-0.3, -0.25) is 0 Å². The Kier molecular flexibility index (Phi) is 6.79. The molecule has 0 aromatic heterocycles. The summed E-state index contributed by atoms with van der Waals surface area (Å²) in [7, 11) is 0. The molecule has 228 valence electrons. The van der Waals surface area contributed by atoms with Gasteiger partial charge in [-0.25, -0.2) is 4.79 Å². The highest BCUT2D eigenvalue weighted by molar-refractivity contribution is 5.89. The van der Waals surface area contributed by atoms with E-state index in [0.29, 0.717) is 35.6 Å². The topological polar surface area (TPSA) is 72.8 Å². The number of para-hydroxylation sites is 1. The van der Waals surface area contributed by atoms with Crippen LogP contribution < -0.4 is 5.32 Å². The summed E-state index contributed by atoms with van der Waals surface area (Å²) in [4.78, 5) is 16.0. The third-order valence-corrected chi connectivity index (χ3v) is 14.1. The van der Waals surface area contributed by atoms with E-state index in [2.05, 4.69) is 45.2 Å². The van der Waals surface area contributed by atoms with Gasteiger partial charge in [0.15, 0.2) is 0 Å². The molecular weight excluding hydrogens is 520 g/mol. The van der Waals surface area contributed by atoms with Gasteiger partial charge in [-0.1, -0.05) is 69.2 Å². The molecule has 8 rings (SSSR count). The lowest BCUT2D eigenvalue weighted by Gasteiger charge is -2.61. The maximum Gasteiger partial charge on any atom is 0.321 e. The lowest BCUT2D eigenvalue weighted by molar-refractivity contribution is -0.121. The summed E-state index contributed by atoms with van der Waals surface area (Å²) >= 11 is 0. The first-order chi connectivity index (χ1) is 19.9. The van der Waals surface area contributed by atoms with Gasteiger partial charge in [0, 0.05) is 17.6 Å². The average Bonchev–Trinajstić information content (AvgIpc) is 3.23. The molecule has 0 radical (unpaired) electrons. The van der Waals surface area contributed by atoms with E-state index in [1.54, 1.807) is 0 Å². The molecule has 7 aliphatic carbocycles. The Labute approximate surface area is 252 Å². The molecule has 9 unspecified atom stereocenters. The number of aliphatic hydroxyl groups excluding tert-OH is 1. The van der Waals surface area contributed by atoms with Crippen LogP contribution in [0.5, 0.6) is 0 Å². The highest BCUT2D eigenvalue weighted by Gasteiger charge is 2.63. The number of aliphatic hydroxyl groups is 2. The van der Waals surface area contributed by atoms with Gasteiger partial charge < -0.3 is 20.4 Å². The molecule has 3 N–H and O–H groups in total. The van der Waals surface area contributed by atoms with Crippen molar-refractivity contribution in [1.29, 1.82) is 0 Å². The van der Waals surface area contributed by atoms with Gasteiger partial charge in [0.1, 0.15) is 0 Å². The number of carbonyl (C=O) groups is 1. The third kappa shape index (κ3) is 4.27. The van der Waals surface area contributed by atoms with Crippen molar-refractivity contribution in [1.82, 2.24) is 4.90 Å². The molecule has 1 aromatic carbocycles. The minimum atomic E-state index is -0.919. The van der Waals surface area contributed by atoms with E-state index >= 15 is 0 Å². The fourth-order valence-corrected chi connectivity index (χ4v) is 11.1. The van der Waals surface area contributed by atoms with E-state index in [0.717, 1.165) is 63.1 Å². The molecule has 0 saturated heterocycles. The minimum Gasteiger partial charge on any atom is -0.393 e. The van der Waals surface area contributed by atoms with Crippen molar-refractivity contribution in [3.8, 4) is 0 Å². The number of allylic oxidation sites excluding steroid dienone is 3. The van der Waals surface area contributed by atoms with Crippen molar-refractivity contribution >= 4 is 11.7 Å². The van der Waals surface area contributed by atoms with Gasteiger partial charge >= 0.3 is 6.03 Å². The highest BCUT2D eigenvalue weighted by Crippen LogP contribution is 2.66. The van der Waals surface area contributed by atoms with E-state index in [9.17, 15) is 15.0 Å². The molecule has 2 amide bonds. The Hall–Kier alpha value is -2.11. The van der Waals surface area contributed by atoms with Crippen LogP contribution in [0.2, 0.25) is 0 Å². The molecule has 2 bridgehead atoms. The van der Waals surface area contributed by atoms with Crippen LogP contribution in [0.4, 0.5) is 10.5 Å². The standard InChI is InChI=1S/C37H52N2O3/c1-34(2)25-11-10-24(32(34)21-25)22-39(33(41)38-27-8-6-5-7-9-27)23-37(42)19-16-31-29-13-12-26-20-28(40)14-17-35(26,3)30(29)15-18-36(31,37)4/h5-9,12-13,24-25,28,30-32,40,42H,10-11,14-23H2,1-4H3,(H,38,41). The first-order valence-electron chi connectivity index (χ1n) is 16.9. The van der Waals surface area contributed by atoms with Crippen LogP contribution >= 0.6 is 0 Å². The zero-order chi connectivity index (χ0) is 29.5. The van der Waals surface area contributed by atoms with Gasteiger partial charge in [-0.2, -0.15) is 0 Å². The quantitative estimate of drug-likeness (QED) is 0.341. The SMILES string of the molecule is CC12CCC(O)CC1=CC=C1C2CCC2(C)C1CCC2(O)CN(CC1CCC2CC1C2(C)C)C(=O)Nc1ccccc1. The maximum absolute atomic E-state index is 14.0. The molecular formula is C37H52N2O3. The van der Waals surface area contributed by atoms with Crippen molar-refractivity contribution in [3.63, 3.8) is 0 Å². The molecule has 42 heavy (non-hydrogen) atoms. The zero-order valence-electron chi connectivity index (χ0n) is 26.2. The second kappa shape index (κ2) is 9.95. The van der Waals surface area contributed by atoms with Crippen molar-refractivity contribution in [3.05, 3.63) is 53.6 Å². The molecule has 6 fully saturated rings. The van der Waals surface area contributed by atoms with E-state index in [-0.39, 0.29) is 23.0 Å². The molecule has 0 aliphatic heterocycles. The normalized spacial score (nSPS) is 43.1. The number of rotatable bonds is 5. The van der Waals surface area contributed by atoms with Crippen LogP contribution in [0.1, 0.15) is 91.9 Å². The number of nitrogens with one attached hydrogen (secondary N) is 1. The van der Waals surface area contributed by atoms with Crippen molar-refractivity contribution < 1.29 is 15.0 Å². The van der Waals surface area contributed by atoms with Crippen LogP contribution in [0.3, 0.4) is 0 Å². The summed E-state index contributed by atoms with van der Waals surface area (Å²) in [5.41, 5.74) is 3.06. The number of nitrogens with zero attached hydrogens (tertiary/aromatic N) is 1. The van der Waals surface area contributed by atoms with Crippen LogP contribution in [0.15, 0.2) is 53.6 Å². The summed E-state index contributed by atoms with van der Waals surface area (Å²) < 4.78 is 0. The Balaban J connectivity index is 1.15. The summed E-state index contributed by atoms with van der Waals surface area (Å²) in [6, 6.07) is 9.70. The van der Waals surface area contributed by atoms with E-state index in [1.165, 1.54) is 30.4 Å². The predicted octanol–water partition coefficient (Wildman–Crippen LogP) is 7.57. The number of fused-ring (bicyclic) bond motifs is 7. The van der Waals surface area contributed by atoms with Crippen molar-refractivity contribution in [2.75, 3.05) is 18.4 Å². The molecule has 5 nitrogen and oxygen atoms in total. The molecule has 0 heterocycles. The maximum atomic E-state index is 14.0. The van der Waals surface area contributed by atoms with Crippen LogP contribution in [0.25, 0.3) is 0 Å². The van der Waals surface area contributed by atoms with Gasteiger partial charge in [-0.15, -0.1) is 0 Å². The molecule has 9 atom stereocenters. The van der Waals surface area contributed by atoms with E-state index < -0.39 is 5.60 Å². The molecule has 5 heteroatoms.